The molecule has 0 aromatic carbocycles. The Morgan fingerprint density at radius 1 is 1.35 bits per heavy atom. The van der Waals surface area contributed by atoms with Crippen LogP contribution in [0.1, 0.15) is 5.69 Å². The summed E-state index contributed by atoms with van der Waals surface area (Å²) in [5, 5.41) is 2.01. The van der Waals surface area contributed by atoms with Crippen LogP contribution in [0.4, 0.5) is 11.4 Å². The first-order chi connectivity index (χ1) is 8.31. The predicted molar refractivity (Wildman–Crippen MR) is 64.7 cm³/mol. The SMILES string of the molecule is CN1c2ccncc2N(C=O)Cc2cccn21. The molecule has 0 spiro atoms. The lowest BCUT2D eigenvalue weighted by Gasteiger charge is -2.22. The normalized spacial score (nSPS) is 13.9. The largest absolute Gasteiger partial charge is 0.306 e. The molecule has 0 unspecified atom stereocenters. The smallest absolute Gasteiger partial charge is 0.214 e. The van der Waals surface area contributed by atoms with Crippen LogP contribution in [0.2, 0.25) is 0 Å². The van der Waals surface area contributed by atoms with E-state index in [0.717, 1.165) is 23.5 Å². The van der Waals surface area contributed by atoms with Crippen molar-refractivity contribution in [3.05, 3.63) is 42.5 Å². The van der Waals surface area contributed by atoms with Crippen molar-refractivity contribution in [3.63, 3.8) is 0 Å². The van der Waals surface area contributed by atoms with Gasteiger partial charge in [-0.1, -0.05) is 0 Å². The first-order valence-electron chi connectivity index (χ1n) is 5.37. The van der Waals surface area contributed by atoms with Gasteiger partial charge in [0.05, 0.1) is 29.8 Å². The second-order valence-electron chi connectivity index (χ2n) is 3.97. The highest BCUT2D eigenvalue weighted by atomic mass is 16.1. The van der Waals surface area contributed by atoms with Crippen LogP contribution >= 0.6 is 0 Å². The maximum Gasteiger partial charge on any atom is 0.214 e. The van der Waals surface area contributed by atoms with Crippen LogP contribution < -0.4 is 9.91 Å². The zero-order valence-corrected chi connectivity index (χ0v) is 9.45. The van der Waals surface area contributed by atoms with Gasteiger partial charge in [0.1, 0.15) is 0 Å². The number of anilines is 2. The van der Waals surface area contributed by atoms with E-state index in [0.29, 0.717) is 6.54 Å². The van der Waals surface area contributed by atoms with E-state index in [-0.39, 0.29) is 0 Å². The number of carbonyl (C=O) groups excluding carboxylic acids is 1. The third-order valence-electron chi connectivity index (χ3n) is 3.03. The van der Waals surface area contributed by atoms with E-state index in [1.54, 1.807) is 17.3 Å². The highest BCUT2D eigenvalue weighted by Gasteiger charge is 2.21. The molecule has 0 bridgehead atoms. The maximum absolute atomic E-state index is 11.2. The van der Waals surface area contributed by atoms with E-state index >= 15 is 0 Å². The number of aromatic nitrogens is 2. The van der Waals surface area contributed by atoms with Gasteiger partial charge in [0.15, 0.2) is 0 Å². The monoisotopic (exact) mass is 228 g/mol. The van der Waals surface area contributed by atoms with Crippen molar-refractivity contribution in [2.75, 3.05) is 17.0 Å². The summed E-state index contributed by atoms with van der Waals surface area (Å²) in [5.41, 5.74) is 2.85. The molecule has 0 saturated carbocycles. The molecular weight excluding hydrogens is 216 g/mol. The number of hydrogen-bond acceptors (Lipinski definition) is 3. The van der Waals surface area contributed by atoms with Gasteiger partial charge in [-0.15, -0.1) is 0 Å². The molecule has 0 aliphatic carbocycles. The summed E-state index contributed by atoms with van der Waals surface area (Å²) in [7, 11) is 1.97. The Kier molecular flexibility index (Phi) is 2.11. The quantitative estimate of drug-likeness (QED) is 0.690. The van der Waals surface area contributed by atoms with Crippen LogP contribution in [0.25, 0.3) is 0 Å². The Labute approximate surface area is 98.9 Å². The zero-order chi connectivity index (χ0) is 11.8. The average molecular weight is 228 g/mol. The zero-order valence-electron chi connectivity index (χ0n) is 9.45. The fourth-order valence-corrected chi connectivity index (χ4v) is 2.17. The summed E-state index contributed by atoms with van der Waals surface area (Å²) in [6, 6.07) is 5.88. The van der Waals surface area contributed by atoms with Crippen LogP contribution in [0, 0.1) is 0 Å². The average Bonchev–Trinajstić information content (AvgIpc) is 2.79. The lowest BCUT2D eigenvalue weighted by atomic mass is 10.3. The number of rotatable bonds is 1. The molecule has 17 heavy (non-hydrogen) atoms. The summed E-state index contributed by atoms with van der Waals surface area (Å²) in [5.74, 6) is 0. The van der Waals surface area contributed by atoms with Gasteiger partial charge in [-0.3, -0.25) is 19.5 Å². The summed E-state index contributed by atoms with van der Waals surface area (Å²) >= 11 is 0. The maximum atomic E-state index is 11.2. The first kappa shape index (κ1) is 9.89. The van der Waals surface area contributed by atoms with E-state index < -0.39 is 0 Å². The fourth-order valence-electron chi connectivity index (χ4n) is 2.17. The lowest BCUT2D eigenvalue weighted by Crippen LogP contribution is -2.24. The second kappa shape index (κ2) is 3.62. The van der Waals surface area contributed by atoms with E-state index in [9.17, 15) is 4.79 Å². The van der Waals surface area contributed by atoms with Gasteiger partial charge in [-0.2, -0.15) is 0 Å². The van der Waals surface area contributed by atoms with E-state index in [4.69, 9.17) is 0 Å². The highest BCUT2D eigenvalue weighted by Crippen LogP contribution is 2.31. The Bertz CT molecular complexity index is 563. The van der Waals surface area contributed by atoms with Crippen molar-refractivity contribution in [3.8, 4) is 0 Å². The van der Waals surface area contributed by atoms with Crippen LogP contribution in [0.3, 0.4) is 0 Å². The Hall–Kier alpha value is -2.30. The van der Waals surface area contributed by atoms with Crippen molar-refractivity contribution in [1.82, 2.24) is 9.66 Å². The van der Waals surface area contributed by atoms with E-state index in [1.165, 1.54) is 0 Å². The van der Waals surface area contributed by atoms with Gasteiger partial charge in [0.2, 0.25) is 6.41 Å². The van der Waals surface area contributed by atoms with Crippen LogP contribution in [0.15, 0.2) is 36.8 Å². The number of amides is 1. The number of carbonyl (C=O) groups is 1. The number of hydrogen-bond donors (Lipinski definition) is 0. The number of nitrogens with zero attached hydrogens (tertiary/aromatic N) is 4. The van der Waals surface area contributed by atoms with Crippen LogP contribution in [-0.2, 0) is 11.3 Å². The topological polar surface area (TPSA) is 41.4 Å². The van der Waals surface area contributed by atoms with Gasteiger partial charge < -0.3 is 4.90 Å². The Morgan fingerprint density at radius 2 is 2.24 bits per heavy atom. The minimum Gasteiger partial charge on any atom is -0.306 e. The molecule has 1 aliphatic rings. The first-order valence-corrected chi connectivity index (χ1v) is 5.37. The van der Waals surface area contributed by atoms with Gasteiger partial charge in [0.25, 0.3) is 0 Å². The molecule has 5 nitrogen and oxygen atoms in total. The number of fused-ring (bicyclic) bond motifs is 2. The lowest BCUT2D eigenvalue weighted by molar-refractivity contribution is -0.107. The minimum absolute atomic E-state index is 0.555. The van der Waals surface area contributed by atoms with Crippen molar-refractivity contribution in [2.24, 2.45) is 0 Å². The molecule has 2 aromatic rings. The second-order valence-corrected chi connectivity index (χ2v) is 3.97. The number of pyridine rings is 1. The molecule has 1 aliphatic heterocycles. The standard InChI is InChI=1S/C12H12N4O/c1-14-11-4-5-13-7-12(11)15(9-17)8-10-3-2-6-16(10)14/h2-7,9H,8H2,1H3. The fraction of sp³-hybridized carbons (Fsp3) is 0.167. The molecule has 0 radical (unpaired) electrons. The molecule has 86 valence electrons. The molecule has 0 atom stereocenters. The van der Waals surface area contributed by atoms with Crippen molar-refractivity contribution in [2.45, 2.75) is 6.54 Å². The van der Waals surface area contributed by atoms with E-state index in [2.05, 4.69) is 4.98 Å². The predicted octanol–water partition coefficient (Wildman–Crippen LogP) is 1.26. The van der Waals surface area contributed by atoms with Crippen molar-refractivity contribution < 1.29 is 4.79 Å². The molecule has 0 N–H and O–H groups in total. The third kappa shape index (κ3) is 1.39. The van der Waals surface area contributed by atoms with Crippen LogP contribution in [0.5, 0.6) is 0 Å². The Morgan fingerprint density at radius 3 is 3.06 bits per heavy atom. The van der Waals surface area contributed by atoms with Crippen molar-refractivity contribution in [1.29, 1.82) is 0 Å². The third-order valence-corrected chi connectivity index (χ3v) is 3.03. The van der Waals surface area contributed by atoms with Crippen LogP contribution in [-0.4, -0.2) is 23.1 Å². The van der Waals surface area contributed by atoms with Crippen molar-refractivity contribution >= 4 is 17.8 Å². The van der Waals surface area contributed by atoms with Gasteiger partial charge in [-0.25, -0.2) is 0 Å². The molecule has 3 heterocycles. The van der Waals surface area contributed by atoms with Gasteiger partial charge in [0, 0.05) is 19.4 Å². The van der Waals surface area contributed by atoms with E-state index in [1.807, 2.05) is 41.1 Å². The molecule has 5 heteroatoms. The van der Waals surface area contributed by atoms with Gasteiger partial charge >= 0.3 is 0 Å². The molecule has 1 amide bonds. The summed E-state index contributed by atoms with van der Waals surface area (Å²) in [6.07, 6.45) is 6.27. The minimum atomic E-state index is 0.555. The summed E-state index contributed by atoms with van der Waals surface area (Å²) < 4.78 is 2.03. The molecular formula is C12H12N4O. The Balaban J connectivity index is 2.23. The molecule has 0 saturated heterocycles. The summed E-state index contributed by atoms with van der Waals surface area (Å²) in [6.45, 7) is 0.555. The summed E-state index contributed by atoms with van der Waals surface area (Å²) in [4.78, 5) is 16.9. The highest BCUT2D eigenvalue weighted by molar-refractivity contribution is 5.83. The molecule has 3 rings (SSSR count). The molecule has 0 fully saturated rings. The molecule has 2 aromatic heterocycles. The van der Waals surface area contributed by atoms with Gasteiger partial charge in [-0.05, 0) is 18.2 Å².